The Bertz CT molecular complexity index is 787. The fourth-order valence-corrected chi connectivity index (χ4v) is 3.09. The molecule has 0 aromatic heterocycles. The molecule has 1 unspecified atom stereocenters. The number of hydrogen-bond acceptors (Lipinski definition) is 5. The Morgan fingerprint density at radius 3 is 2.63 bits per heavy atom. The van der Waals surface area contributed by atoms with Crippen LogP contribution in [0, 0.1) is 0 Å². The lowest BCUT2D eigenvalue weighted by molar-refractivity contribution is 0.0526. The second kappa shape index (κ2) is 9.28. The van der Waals surface area contributed by atoms with E-state index in [4.69, 9.17) is 4.74 Å². The van der Waals surface area contributed by atoms with Crippen molar-refractivity contribution in [3.8, 4) is 0 Å². The largest absolute Gasteiger partial charge is 0.462 e. The fourth-order valence-electron chi connectivity index (χ4n) is 3.09. The average molecular weight is 367 g/mol. The number of aliphatic hydroxyl groups is 1. The van der Waals surface area contributed by atoms with Crippen LogP contribution in [-0.4, -0.2) is 35.8 Å². The minimum atomic E-state index is -0.690. The van der Waals surface area contributed by atoms with E-state index >= 15 is 0 Å². The monoisotopic (exact) mass is 367 g/mol. The zero-order chi connectivity index (χ0) is 19.1. The molecule has 0 radical (unpaired) electrons. The fraction of sp³-hybridized carbons (Fsp3) is 0.381. The molecule has 2 aromatic carbocycles. The topological polar surface area (TPSA) is 74.5 Å². The van der Waals surface area contributed by atoms with Gasteiger partial charge in [-0.05, 0) is 49.1 Å². The Labute approximate surface area is 159 Å². The van der Waals surface area contributed by atoms with Gasteiger partial charge in [0.1, 0.15) is 0 Å². The minimum Gasteiger partial charge on any atom is -0.462 e. The molecule has 0 aliphatic carbocycles. The number of rotatable bonds is 7. The van der Waals surface area contributed by atoms with E-state index in [9.17, 15) is 9.90 Å². The third-order valence-corrected chi connectivity index (χ3v) is 4.55. The van der Waals surface area contributed by atoms with Crippen molar-refractivity contribution in [2.24, 2.45) is 10.3 Å². The van der Waals surface area contributed by atoms with Gasteiger partial charge in [-0.3, -0.25) is 5.01 Å². The first-order valence-corrected chi connectivity index (χ1v) is 9.37. The number of nitrogens with zero attached hydrogens (tertiary/aromatic N) is 3. The molecule has 142 valence electrons. The molecule has 1 fully saturated rings. The predicted molar refractivity (Wildman–Crippen MR) is 103 cm³/mol. The summed E-state index contributed by atoms with van der Waals surface area (Å²) >= 11 is 0. The summed E-state index contributed by atoms with van der Waals surface area (Å²) < 4.78 is 5.09. The van der Waals surface area contributed by atoms with E-state index in [0.717, 1.165) is 37.1 Å². The molecule has 0 bridgehead atoms. The maximum atomic E-state index is 12.1. The summed E-state index contributed by atoms with van der Waals surface area (Å²) in [6.07, 6.45) is 1.90. The van der Waals surface area contributed by atoms with Gasteiger partial charge in [0.15, 0.2) is 0 Å². The summed E-state index contributed by atoms with van der Waals surface area (Å²) in [5.41, 5.74) is 2.69. The van der Waals surface area contributed by atoms with Gasteiger partial charge in [0, 0.05) is 19.5 Å². The lowest BCUT2D eigenvalue weighted by Crippen LogP contribution is -2.10. The van der Waals surface area contributed by atoms with Gasteiger partial charge >= 0.3 is 5.97 Å². The predicted octanol–water partition coefficient (Wildman–Crippen LogP) is 4.23. The van der Waals surface area contributed by atoms with Crippen LogP contribution in [0.4, 0.5) is 5.69 Å². The van der Waals surface area contributed by atoms with Gasteiger partial charge < -0.3 is 9.84 Å². The van der Waals surface area contributed by atoms with Gasteiger partial charge in [0.2, 0.25) is 0 Å². The van der Waals surface area contributed by atoms with Crippen LogP contribution < -0.4 is 0 Å². The number of esters is 1. The second-order valence-corrected chi connectivity index (χ2v) is 6.54. The summed E-state index contributed by atoms with van der Waals surface area (Å²) in [6, 6.07) is 14.6. The molecular formula is C21H25N3O3. The standard InChI is InChI=1S/C21H25N3O3/c1-2-27-21(26)17-10-11-19(22-23-24-12-6-7-13-24)18(14-17)15-20(25)16-8-4-3-5-9-16/h3-5,8-11,14,20,25H,2,6-7,12-13,15H2,1H3. The smallest absolute Gasteiger partial charge is 0.338 e. The Balaban J connectivity index is 1.86. The molecule has 1 heterocycles. The van der Waals surface area contributed by atoms with Crippen LogP contribution in [0.15, 0.2) is 58.9 Å². The summed E-state index contributed by atoms with van der Waals surface area (Å²) in [4.78, 5) is 12.1. The van der Waals surface area contributed by atoms with Crippen LogP contribution in [0.25, 0.3) is 0 Å². The lowest BCUT2D eigenvalue weighted by atomic mass is 9.98. The van der Waals surface area contributed by atoms with Gasteiger partial charge in [-0.1, -0.05) is 35.6 Å². The first-order valence-electron chi connectivity index (χ1n) is 9.37. The summed E-state index contributed by atoms with van der Waals surface area (Å²) in [6.45, 7) is 3.91. The van der Waals surface area contributed by atoms with Crippen LogP contribution in [0.3, 0.4) is 0 Å². The number of ether oxygens (including phenoxy) is 1. The highest BCUT2D eigenvalue weighted by Crippen LogP contribution is 2.28. The maximum absolute atomic E-state index is 12.1. The second-order valence-electron chi connectivity index (χ2n) is 6.54. The van der Waals surface area contributed by atoms with E-state index in [1.54, 1.807) is 25.1 Å². The van der Waals surface area contributed by atoms with Gasteiger partial charge in [-0.25, -0.2) is 4.79 Å². The van der Waals surface area contributed by atoms with Gasteiger partial charge in [-0.15, -0.1) is 5.11 Å². The Morgan fingerprint density at radius 2 is 1.93 bits per heavy atom. The quantitative estimate of drug-likeness (QED) is 0.587. The van der Waals surface area contributed by atoms with Crippen molar-refractivity contribution in [1.29, 1.82) is 0 Å². The first-order chi connectivity index (χ1) is 13.2. The molecule has 0 amide bonds. The van der Waals surface area contributed by atoms with E-state index in [-0.39, 0.29) is 5.97 Å². The summed E-state index contributed by atoms with van der Waals surface area (Å²) in [5.74, 6) is -0.379. The van der Waals surface area contributed by atoms with E-state index < -0.39 is 6.10 Å². The molecule has 2 aromatic rings. The summed E-state index contributed by atoms with van der Waals surface area (Å²) in [5, 5.41) is 21.2. The third kappa shape index (κ3) is 5.14. The van der Waals surface area contributed by atoms with E-state index in [2.05, 4.69) is 10.3 Å². The molecule has 1 saturated heterocycles. The normalized spacial score (nSPS) is 15.3. The van der Waals surface area contributed by atoms with Crippen LogP contribution >= 0.6 is 0 Å². The van der Waals surface area contributed by atoms with Crippen molar-refractivity contribution in [2.75, 3.05) is 19.7 Å². The number of aliphatic hydroxyl groups excluding tert-OH is 1. The zero-order valence-corrected chi connectivity index (χ0v) is 15.5. The highest BCUT2D eigenvalue weighted by atomic mass is 16.5. The van der Waals surface area contributed by atoms with Crippen molar-refractivity contribution in [3.05, 3.63) is 65.2 Å². The van der Waals surface area contributed by atoms with Crippen LogP contribution in [0.1, 0.15) is 47.4 Å². The molecule has 1 atom stereocenters. The lowest BCUT2D eigenvalue weighted by Gasteiger charge is -2.14. The van der Waals surface area contributed by atoms with Gasteiger partial charge in [0.05, 0.1) is 24.0 Å². The highest BCUT2D eigenvalue weighted by molar-refractivity contribution is 5.90. The molecule has 1 aliphatic rings. The van der Waals surface area contributed by atoms with Crippen LogP contribution in [-0.2, 0) is 11.2 Å². The number of carbonyl (C=O) groups is 1. The molecular weight excluding hydrogens is 342 g/mol. The minimum absolute atomic E-state index is 0.317. The molecule has 1 aliphatic heterocycles. The van der Waals surface area contributed by atoms with Crippen molar-refractivity contribution in [1.82, 2.24) is 5.01 Å². The highest BCUT2D eigenvalue weighted by Gasteiger charge is 2.16. The van der Waals surface area contributed by atoms with Crippen molar-refractivity contribution < 1.29 is 14.6 Å². The Kier molecular flexibility index (Phi) is 6.54. The van der Waals surface area contributed by atoms with Crippen LogP contribution in [0.5, 0.6) is 0 Å². The molecule has 27 heavy (non-hydrogen) atoms. The third-order valence-electron chi connectivity index (χ3n) is 4.55. The van der Waals surface area contributed by atoms with E-state index in [1.165, 1.54) is 0 Å². The van der Waals surface area contributed by atoms with E-state index in [0.29, 0.717) is 24.3 Å². The SMILES string of the molecule is CCOC(=O)c1ccc(N=NN2CCCC2)c(CC(O)c2ccccc2)c1. The Morgan fingerprint density at radius 1 is 1.19 bits per heavy atom. The van der Waals surface area contributed by atoms with Crippen molar-refractivity contribution in [3.63, 3.8) is 0 Å². The van der Waals surface area contributed by atoms with Crippen molar-refractivity contribution >= 4 is 11.7 Å². The van der Waals surface area contributed by atoms with Gasteiger partial charge in [-0.2, -0.15) is 0 Å². The first kappa shape index (κ1) is 19.0. The number of hydrogen-bond donors (Lipinski definition) is 1. The molecule has 0 saturated carbocycles. The molecule has 6 nitrogen and oxygen atoms in total. The summed E-state index contributed by atoms with van der Waals surface area (Å²) in [7, 11) is 0. The van der Waals surface area contributed by atoms with Crippen molar-refractivity contribution in [2.45, 2.75) is 32.3 Å². The number of benzene rings is 2. The zero-order valence-electron chi connectivity index (χ0n) is 15.5. The van der Waals surface area contributed by atoms with E-state index in [1.807, 2.05) is 35.3 Å². The molecule has 1 N–H and O–H groups in total. The Hall–Kier alpha value is -2.73. The molecule has 0 spiro atoms. The maximum Gasteiger partial charge on any atom is 0.338 e. The average Bonchev–Trinajstić information content (AvgIpc) is 3.21. The molecule has 3 rings (SSSR count). The van der Waals surface area contributed by atoms with Crippen LogP contribution in [0.2, 0.25) is 0 Å². The van der Waals surface area contributed by atoms with Gasteiger partial charge in [0.25, 0.3) is 0 Å². The number of carbonyl (C=O) groups excluding carboxylic acids is 1. The molecule has 6 heteroatoms.